The molecule has 0 aromatic carbocycles. The topological polar surface area (TPSA) is 30.5 Å². The predicted octanol–water partition coefficient (Wildman–Crippen LogP) is 3.08. The molecule has 2 saturated heterocycles. The summed E-state index contributed by atoms with van der Waals surface area (Å²) in [4.78, 5) is 0. The van der Waals surface area contributed by atoms with Crippen molar-refractivity contribution in [3.63, 3.8) is 0 Å². The van der Waals surface area contributed by atoms with Gasteiger partial charge in [0.25, 0.3) is 0 Å². The Morgan fingerprint density at radius 3 is 2.85 bits per heavy atom. The second-order valence-electron chi connectivity index (χ2n) is 6.30. The third-order valence-corrected chi connectivity index (χ3v) is 6.22. The Kier molecular flexibility index (Phi) is 6.66. The molecule has 4 heteroatoms. The van der Waals surface area contributed by atoms with Gasteiger partial charge in [-0.05, 0) is 31.7 Å². The highest BCUT2D eigenvalue weighted by atomic mass is 32.2. The lowest BCUT2D eigenvalue weighted by Crippen LogP contribution is -2.48. The van der Waals surface area contributed by atoms with Gasteiger partial charge in [-0.3, -0.25) is 0 Å². The van der Waals surface area contributed by atoms with E-state index in [0.717, 1.165) is 44.0 Å². The maximum absolute atomic E-state index is 6.07. The summed E-state index contributed by atoms with van der Waals surface area (Å²) in [6, 6.07) is 0.625. The zero-order valence-corrected chi connectivity index (χ0v) is 14.1. The average molecular weight is 301 g/mol. The zero-order chi connectivity index (χ0) is 14.4. The maximum atomic E-state index is 6.07. The number of thioether (sulfide) groups is 1. The van der Waals surface area contributed by atoms with Crippen LogP contribution in [0, 0.1) is 5.92 Å². The largest absolute Gasteiger partial charge is 0.378 e. The molecular weight excluding hydrogens is 270 g/mol. The fraction of sp³-hybridized carbons (Fsp3) is 1.00. The normalized spacial score (nSPS) is 33.5. The third-order valence-electron chi connectivity index (χ3n) is 4.77. The van der Waals surface area contributed by atoms with Gasteiger partial charge in [0.15, 0.2) is 0 Å². The molecule has 1 N–H and O–H groups in total. The lowest BCUT2D eigenvalue weighted by molar-refractivity contribution is -0.102. The maximum Gasteiger partial charge on any atom is 0.0939 e. The minimum Gasteiger partial charge on any atom is -0.378 e. The first-order valence-corrected chi connectivity index (χ1v) is 9.30. The van der Waals surface area contributed by atoms with Crippen molar-refractivity contribution in [2.45, 2.75) is 63.3 Å². The number of nitrogens with one attached hydrogen (secondary N) is 1. The van der Waals surface area contributed by atoms with Gasteiger partial charge in [-0.1, -0.05) is 20.8 Å². The lowest BCUT2D eigenvalue weighted by Gasteiger charge is -2.40. The van der Waals surface area contributed by atoms with Crippen molar-refractivity contribution in [1.29, 1.82) is 0 Å². The van der Waals surface area contributed by atoms with Crippen LogP contribution in [0.15, 0.2) is 0 Å². The van der Waals surface area contributed by atoms with Crippen molar-refractivity contribution < 1.29 is 9.47 Å². The molecule has 0 aliphatic carbocycles. The first-order chi connectivity index (χ1) is 9.69. The van der Waals surface area contributed by atoms with Gasteiger partial charge < -0.3 is 14.8 Å². The van der Waals surface area contributed by atoms with Crippen LogP contribution in [0.5, 0.6) is 0 Å². The standard InChI is InChI=1S/C16H31NO2S/c1-4-13(3)20-11-15(17-5-2)14-6-8-19-16(10-14)7-9-18-12-16/h13-15,17H,4-12H2,1-3H3. The van der Waals surface area contributed by atoms with Crippen LogP contribution in [0.25, 0.3) is 0 Å². The smallest absolute Gasteiger partial charge is 0.0939 e. The van der Waals surface area contributed by atoms with Crippen LogP contribution in [0.3, 0.4) is 0 Å². The summed E-state index contributed by atoms with van der Waals surface area (Å²) in [5.74, 6) is 1.96. The molecule has 0 amide bonds. The van der Waals surface area contributed by atoms with E-state index < -0.39 is 0 Å². The van der Waals surface area contributed by atoms with Crippen molar-refractivity contribution in [2.24, 2.45) is 5.92 Å². The molecule has 0 bridgehead atoms. The second-order valence-corrected chi connectivity index (χ2v) is 7.77. The molecule has 4 atom stereocenters. The molecule has 0 aromatic rings. The second kappa shape index (κ2) is 8.02. The number of hydrogen-bond donors (Lipinski definition) is 1. The SMILES string of the molecule is CCNC(CSC(C)CC)C1CCOC2(CCOC2)C1. The molecule has 2 aliphatic rings. The molecule has 2 fully saturated rings. The third kappa shape index (κ3) is 4.36. The van der Waals surface area contributed by atoms with Crippen LogP contribution in [-0.4, -0.2) is 49.0 Å². The highest BCUT2D eigenvalue weighted by Gasteiger charge is 2.42. The van der Waals surface area contributed by atoms with Crippen molar-refractivity contribution in [2.75, 3.05) is 32.1 Å². The molecule has 0 aromatic heterocycles. The van der Waals surface area contributed by atoms with Crippen molar-refractivity contribution >= 4 is 11.8 Å². The summed E-state index contributed by atoms with van der Waals surface area (Å²) in [7, 11) is 0. The Labute approximate surface area is 128 Å². The summed E-state index contributed by atoms with van der Waals surface area (Å²) in [6.45, 7) is 10.5. The van der Waals surface area contributed by atoms with Crippen LogP contribution in [0.1, 0.15) is 46.5 Å². The van der Waals surface area contributed by atoms with Gasteiger partial charge in [0.1, 0.15) is 0 Å². The molecule has 118 valence electrons. The fourth-order valence-electron chi connectivity index (χ4n) is 3.28. The van der Waals surface area contributed by atoms with Crippen LogP contribution < -0.4 is 5.32 Å². The molecule has 2 aliphatic heterocycles. The average Bonchev–Trinajstić information content (AvgIpc) is 2.90. The van der Waals surface area contributed by atoms with Gasteiger partial charge in [0, 0.05) is 36.7 Å². The van der Waals surface area contributed by atoms with E-state index in [2.05, 4.69) is 37.8 Å². The molecule has 2 rings (SSSR count). The number of rotatable bonds is 7. The summed E-state index contributed by atoms with van der Waals surface area (Å²) in [5.41, 5.74) is 0.0393. The summed E-state index contributed by atoms with van der Waals surface area (Å²) >= 11 is 2.11. The molecular formula is C16H31NO2S. The zero-order valence-electron chi connectivity index (χ0n) is 13.3. The number of ether oxygens (including phenoxy) is 2. The van der Waals surface area contributed by atoms with Crippen LogP contribution >= 0.6 is 11.8 Å². The van der Waals surface area contributed by atoms with Crippen molar-refractivity contribution in [1.82, 2.24) is 5.32 Å². The minimum atomic E-state index is 0.0393. The van der Waals surface area contributed by atoms with E-state index in [9.17, 15) is 0 Å². The number of hydrogen-bond acceptors (Lipinski definition) is 4. The quantitative estimate of drug-likeness (QED) is 0.783. The van der Waals surface area contributed by atoms with E-state index in [0.29, 0.717) is 6.04 Å². The lowest BCUT2D eigenvalue weighted by atomic mass is 9.81. The monoisotopic (exact) mass is 301 g/mol. The van der Waals surface area contributed by atoms with Crippen LogP contribution in [-0.2, 0) is 9.47 Å². The fourth-order valence-corrected chi connectivity index (χ4v) is 4.44. The van der Waals surface area contributed by atoms with Crippen LogP contribution in [0.2, 0.25) is 0 Å². The summed E-state index contributed by atoms with van der Waals surface area (Å²) in [6.07, 6.45) is 4.71. The van der Waals surface area contributed by atoms with Gasteiger partial charge in [-0.2, -0.15) is 11.8 Å². The van der Waals surface area contributed by atoms with Crippen molar-refractivity contribution in [3.05, 3.63) is 0 Å². The Morgan fingerprint density at radius 1 is 1.35 bits per heavy atom. The van der Waals surface area contributed by atoms with E-state index in [1.54, 1.807) is 0 Å². The molecule has 4 unspecified atom stereocenters. The van der Waals surface area contributed by atoms with E-state index in [-0.39, 0.29) is 5.60 Å². The summed E-state index contributed by atoms with van der Waals surface area (Å²) in [5, 5.41) is 4.48. The first-order valence-electron chi connectivity index (χ1n) is 8.26. The molecule has 2 heterocycles. The Bertz CT molecular complexity index is 282. The van der Waals surface area contributed by atoms with E-state index in [1.165, 1.54) is 25.0 Å². The molecule has 3 nitrogen and oxygen atoms in total. The first kappa shape index (κ1) is 16.6. The van der Waals surface area contributed by atoms with Crippen molar-refractivity contribution in [3.8, 4) is 0 Å². The predicted molar refractivity (Wildman–Crippen MR) is 86.5 cm³/mol. The minimum absolute atomic E-state index is 0.0393. The van der Waals surface area contributed by atoms with E-state index in [1.807, 2.05) is 0 Å². The molecule has 1 spiro atoms. The Hall–Kier alpha value is 0.230. The molecule has 20 heavy (non-hydrogen) atoms. The molecule has 0 radical (unpaired) electrons. The molecule has 0 saturated carbocycles. The van der Waals surface area contributed by atoms with Gasteiger partial charge in [0.05, 0.1) is 12.2 Å². The van der Waals surface area contributed by atoms with E-state index in [4.69, 9.17) is 9.47 Å². The van der Waals surface area contributed by atoms with Gasteiger partial charge >= 0.3 is 0 Å². The highest BCUT2D eigenvalue weighted by molar-refractivity contribution is 7.99. The van der Waals surface area contributed by atoms with Gasteiger partial charge in [-0.15, -0.1) is 0 Å². The highest BCUT2D eigenvalue weighted by Crippen LogP contribution is 2.37. The Balaban J connectivity index is 1.90. The summed E-state index contributed by atoms with van der Waals surface area (Å²) < 4.78 is 11.7. The van der Waals surface area contributed by atoms with E-state index >= 15 is 0 Å². The van der Waals surface area contributed by atoms with Gasteiger partial charge in [0.2, 0.25) is 0 Å². The van der Waals surface area contributed by atoms with Gasteiger partial charge in [-0.25, -0.2) is 0 Å². The Morgan fingerprint density at radius 2 is 2.20 bits per heavy atom. The van der Waals surface area contributed by atoms with Crippen LogP contribution in [0.4, 0.5) is 0 Å².